The first-order chi connectivity index (χ1) is 8.79. The molecule has 2 atom stereocenters. The van der Waals surface area contributed by atoms with E-state index in [-0.39, 0.29) is 0 Å². The summed E-state index contributed by atoms with van der Waals surface area (Å²) in [5.74, 6) is 0.475. The van der Waals surface area contributed by atoms with Crippen LogP contribution in [0.2, 0.25) is 0 Å². The van der Waals surface area contributed by atoms with Crippen molar-refractivity contribution in [1.29, 1.82) is 0 Å². The van der Waals surface area contributed by atoms with Gasteiger partial charge in [0.15, 0.2) is 0 Å². The molecule has 6 heteroatoms. The van der Waals surface area contributed by atoms with Gasteiger partial charge in [-0.1, -0.05) is 22.9 Å². The molecule has 1 heterocycles. The van der Waals surface area contributed by atoms with Gasteiger partial charge in [0.1, 0.15) is 0 Å². The van der Waals surface area contributed by atoms with Gasteiger partial charge in [-0.05, 0) is 46.5 Å². The standard InChI is InChI=1S/C13H14Br2F3N/c1-8-7-19(5-4-10(8)14)12-3-2-9(6-11(12)15)13(16,17)18/h2-3,6,8,10H,4-5,7H2,1H3. The second-order valence-corrected chi connectivity index (χ2v) is 6.92. The minimum Gasteiger partial charge on any atom is -0.370 e. The molecule has 2 rings (SSSR count). The number of benzene rings is 1. The van der Waals surface area contributed by atoms with Gasteiger partial charge in [-0.25, -0.2) is 0 Å². The Bertz CT molecular complexity index is 462. The predicted octanol–water partition coefficient (Wildman–Crippen LogP) is 5.08. The Morgan fingerprint density at radius 2 is 2.00 bits per heavy atom. The minimum absolute atomic E-state index is 0.475. The number of rotatable bonds is 1. The van der Waals surface area contributed by atoms with Crippen LogP contribution in [-0.4, -0.2) is 17.9 Å². The first kappa shape index (κ1) is 15.2. The van der Waals surface area contributed by atoms with Gasteiger partial charge in [-0.3, -0.25) is 0 Å². The Kier molecular flexibility index (Phi) is 4.50. The molecule has 1 saturated heterocycles. The average molecular weight is 401 g/mol. The highest BCUT2D eigenvalue weighted by atomic mass is 79.9. The highest BCUT2D eigenvalue weighted by Crippen LogP contribution is 2.37. The zero-order chi connectivity index (χ0) is 14.2. The van der Waals surface area contributed by atoms with Crippen LogP contribution in [0.15, 0.2) is 22.7 Å². The number of piperidine rings is 1. The zero-order valence-corrected chi connectivity index (χ0v) is 13.5. The van der Waals surface area contributed by atoms with Crippen LogP contribution in [0.4, 0.5) is 18.9 Å². The van der Waals surface area contributed by atoms with E-state index in [2.05, 4.69) is 43.7 Å². The lowest BCUT2D eigenvalue weighted by atomic mass is 9.99. The molecule has 0 amide bonds. The molecule has 0 aliphatic carbocycles. The summed E-state index contributed by atoms with van der Waals surface area (Å²) in [6, 6.07) is 3.85. The van der Waals surface area contributed by atoms with Crippen LogP contribution in [0.1, 0.15) is 18.9 Å². The van der Waals surface area contributed by atoms with Crippen LogP contribution in [0.3, 0.4) is 0 Å². The molecule has 2 unspecified atom stereocenters. The Labute approximate surface area is 127 Å². The third-order valence-electron chi connectivity index (χ3n) is 3.42. The average Bonchev–Trinajstić information content (AvgIpc) is 2.31. The Morgan fingerprint density at radius 3 is 2.53 bits per heavy atom. The van der Waals surface area contributed by atoms with Crippen LogP contribution < -0.4 is 4.90 Å². The van der Waals surface area contributed by atoms with Gasteiger partial charge in [-0.2, -0.15) is 13.2 Å². The Hall–Kier alpha value is -0.230. The van der Waals surface area contributed by atoms with Gasteiger partial charge in [-0.15, -0.1) is 0 Å². The van der Waals surface area contributed by atoms with Gasteiger partial charge in [0, 0.05) is 22.4 Å². The largest absolute Gasteiger partial charge is 0.416 e. The van der Waals surface area contributed by atoms with Crippen molar-refractivity contribution in [3.63, 3.8) is 0 Å². The van der Waals surface area contributed by atoms with Crippen LogP contribution >= 0.6 is 31.9 Å². The fraction of sp³-hybridized carbons (Fsp3) is 0.538. The predicted molar refractivity (Wildman–Crippen MR) is 77.9 cm³/mol. The van der Waals surface area contributed by atoms with E-state index in [4.69, 9.17) is 0 Å². The minimum atomic E-state index is -4.29. The van der Waals surface area contributed by atoms with E-state index in [1.165, 1.54) is 0 Å². The van der Waals surface area contributed by atoms with Gasteiger partial charge in [0.05, 0.1) is 11.3 Å². The maximum Gasteiger partial charge on any atom is 0.416 e. The molecule has 0 bridgehead atoms. The van der Waals surface area contributed by atoms with E-state index in [9.17, 15) is 13.2 Å². The molecule has 1 fully saturated rings. The molecular formula is C13H14Br2F3N. The molecule has 1 aromatic carbocycles. The fourth-order valence-corrected chi connectivity index (χ4v) is 3.28. The molecule has 1 aromatic rings. The smallest absolute Gasteiger partial charge is 0.370 e. The van der Waals surface area contributed by atoms with Crippen molar-refractivity contribution in [1.82, 2.24) is 0 Å². The maximum atomic E-state index is 12.6. The van der Waals surface area contributed by atoms with Crippen molar-refractivity contribution in [3.05, 3.63) is 28.2 Å². The lowest BCUT2D eigenvalue weighted by Crippen LogP contribution is -2.39. The molecule has 0 N–H and O–H groups in total. The SMILES string of the molecule is CC1CN(c2ccc(C(F)(F)F)cc2Br)CCC1Br. The van der Waals surface area contributed by atoms with Crippen molar-refractivity contribution in [2.24, 2.45) is 5.92 Å². The molecule has 0 saturated carbocycles. The molecule has 106 valence electrons. The number of halogens is 5. The maximum absolute atomic E-state index is 12.6. The second-order valence-electron chi connectivity index (χ2n) is 4.89. The van der Waals surface area contributed by atoms with Crippen molar-refractivity contribution < 1.29 is 13.2 Å². The molecule has 0 spiro atoms. The van der Waals surface area contributed by atoms with Crippen molar-refractivity contribution in [2.45, 2.75) is 24.3 Å². The van der Waals surface area contributed by atoms with Crippen LogP contribution in [0, 0.1) is 5.92 Å². The van der Waals surface area contributed by atoms with E-state index in [0.717, 1.165) is 37.3 Å². The van der Waals surface area contributed by atoms with Gasteiger partial charge >= 0.3 is 6.18 Å². The Balaban J connectivity index is 2.22. The normalized spacial score (nSPS) is 24.6. The molecule has 0 radical (unpaired) electrons. The number of alkyl halides is 4. The molecule has 19 heavy (non-hydrogen) atoms. The monoisotopic (exact) mass is 399 g/mol. The molecule has 0 aromatic heterocycles. The summed E-state index contributed by atoms with van der Waals surface area (Å²) < 4.78 is 38.3. The van der Waals surface area contributed by atoms with E-state index in [1.54, 1.807) is 6.07 Å². The van der Waals surface area contributed by atoms with Gasteiger partial charge < -0.3 is 4.90 Å². The van der Waals surface area contributed by atoms with Crippen LogP contribution in [0.25, 0.3) is 0 Å². The molecule has 1 aliphatic heterocycles. The summed E-state index contributed by atoms with van der Waals surface area (Å²) in [5.41, 5.74) is 0.214. The summed E-state index contributed by atoms with van der Waals surface area (Å²) in [5, 5.41) is 0. The molecular weight excluding hydrogens is 387 g/mol. The Morgan fingerprint density at radius 1 is 1.32 bits per heavy atom. The van der Waals surface area contributed by atoms with E-state index >= 15 is 0 Å². The molecule has 1 aliphatic rings. The van der Waals surface area contributed by atoms with E-state index in [1.807, 2.05) is 0 Å². The van der Waals surface area contributed by atoms with Crippen molar-refractivity contribution >= 4 is 37.5 Å². The second kappa shape index (κ2) is 5.64. The summed E-state index contributed by atoms with van der Waals surface area (Å²) in [7, 11) is 0. The summed E-state index contributed by atoms with van der Waals surface area (Å²) in [6.07, 6.45) is -3.30. The first-order valence-corrected chi connectivity index (χ1v) is 7.75. The highest BCUT2D eigenvalue weighted by molar-refractivity contribution is 9.10. The quantitative estimate of drug-likeness (QED) is 0.594. The number of hydrogen-bond donors (Lipinski definition) is 0. The zero-order valence-electron chi connectivity index (χ0n) is 10.3. The van der Waals surface area contributed by atoms with Crippen molar-refractivity contribution in [3.8, 4) is 0 Å². The third-order valence-corrected chi connectivity index (χ3v) is 5.41. The lowest BCUT2D eigenvalue weighted by molar-refractivity contribution is -0.137. The number of nitrogens with zero attached hydrogens (tertiary/aromatic N) is 1. The van der Waals surface area contributed by atoms with Crippen LogP contribution in [0.5, 0.6) is 0 Å². The van der Waals surface area contributed by atoms with Crippen LogP contribution in [-0.2, 0) is 6.18 Å². The van der Waals surface area contributed by atoms with Crippen molar-refractivity contribution in [2.75, 3.05) is 18.0 Å². The topological polar surface area (TPSA) is 3.24 Å². The fourth-order valence-electron chi connectivity index (χ4n) is 2.28. The van der Waals surface area contributed by atoms with E-state index in [0.29, 0.717) is 15.2 Å². The van der Waals surface area contributed by atoms with E-state index < -0.39 is 11.7 Å². The molecule has 1 nitrogen and oxygen atoms in total. The lowest BCUT2D eigenvalue weighted by Gasteiger charge is -2.36. The number of anilines is 1. The summed E-state index contributed by atoms with van der Waals surface area (Å²) in [6.45, 7) is 3.84. The summed E-state index contributed by atoms with van der Waals surface area (Å²) >= 11 is 6.88. The van der Waals surface area contributed by atoms with Gasteiger partial charge in [0.25, 0.3) is 0 Å². The first-order valence-electron chi connectivity index (χ1n) is 6.05. The third kappa shape index (κ3) is 3.45. The number of hydrogen-bond acceptors (Lipinski definition) is 1. The van der Waals surface area contributed by atoms with Gasteiger partial charge in [0.2, 0.25) is 0 Å². The highest BCUT2D eigenvalue weighted by Gasteiger charge is 2.32. The summed E-state index contributed by atoms with van der Waals surface area (Å²) in [4.78, 5) is 2.61.